The highest BCUT2D eigenvalue weighted by atomic mass is 35.5. The Bertz CT molecular complexity index is 595. The Morgan fingerprint density at radius 3 is 2.75 bits per heavy atom. The van der Waals surface area contributed by atoms with Gasteiger partial charge in [-0.05, 0) is 12.1 Å². The average Bonchev–Trinajstić information content (AvgIpc) is 2.82. The van der Waals surface area contributed by atoms with E-state index in [-0.39, 0.29) is 16.2 Å². The van der Waals surface area contributed by atoms with Crippen molar-refractivity contribution in [3.05, 3.63) is 40.4 Å². The number of anilines is 1. The van der Waals surface area contributed by atoms with Gasteiger partial charge in [-0.15, -0.1) is 0 Å². The van der Waals surface area contributed by atoms with Gasteiger partial charge in [0.1, 0.15) is 10.3 Å². The zero-order valence-electron chi connectivity index (χ0n) is 10.6. The summed E-state index contributed by atoms with van der Waals surface area (Å²) in [4.78, 5) is 15.8. The lowest BCUT2D eigenvalue weighted by molar-refractivity contribution is 0.102. The molecule has 1 N–H and O–H groups in total. The molecule has 2 aromatic heterocycles. The number of carbonyl (C=O) groups is 1. The fourth-order valence-electron chi connectivity index (χ4n) is 1.53. The first-order valence-electron chi connectivity index (χ1n) is 5.74. The number of hydrogen-bond acceptors (Lipinski definition) is 4. The smallest absolute Gasteiger partial charge is 0.255 e. The summed E-state index contributed by atoms with van der Waals surface area (Å²) in [6.45, 7) is 1.16. The molecule has 2 rings (SSSR count). The van der Waals surface area contributed by atoms with E-state index in [9.17, 15) is 4.79 Å². The number of methoxy groups -OCH3 is 1. The van der Waals surface area contributed by atoms with Crippen molar-refractivity contribution in [3.63, 3.8) is 0 Å². The van der Waals surface area contributed by atoms with Crippen LogP contribution in [0.2, 0.25) is 10.3 Å². The molecule has 1 amide bonds. The van der Waals surface area contributed by atoms with Gasteiger partial charge in [0, 0.05) is 18.9 Å². The molecular weight excluding hydrogens is 303 g/mol. The number of amides is 1. The summed E-state index contributed by atoms with van der Waals surface area (Å²) < 4.78 is 6.62. The number of ether oxygens (including phenoxy) is 1. The van der Waals surface area contributed by atoms with Crippen LogP contribution in [0.25, 0.3) is 0 Å². The van der Waals surface area contributed by atoms with E-state index in [4.69, 9.17) is 27.9 Å². The second-order valence-corrected chi connectivity index (χ2v) is 4.71. The third-order valence-electron chi connectivity index (χ3n) is 2.44. The number of aromatic nitrogens is 3. The largest absolute Gasteiger partial charge is 0.383 e. The van der Waals surface area contributed by atoms with Crippen LogP contribution in [0.5, 0.6) is 0 Å². The van der Waals surface area contributed by atoms with Crippen LogP contribution >= 0.6 is 23.2 Å². The van der Waals surface area contributed by atoms with Crippen LogP contribution in [0, 0.1) is 0 Å². The first kappa shape index (κ1) is 14.8. The number of carbonyl (C=O) groups excluding carboxylic acids is 1. The van der Waals surface area contributed by atoms with Crippen molar-refractivity contribution in [1.29, 1.82) is 0 Å². The van der Waals surface area contributed by atoms with E-state index in [0.717, 1.165) is 0 Å². The molecule has 6 nitrogen and oxygen atoms in total. The molecule has 0 aromatic carbocycles. The number of halogens is 2. The van der Waals surface area contributed by atoms with Crippen molar-refractivity contribution < 1.29 is 9.53 Å². The summed E-state index contributed by atoms with van der Waals surface area (Å²) in [7, 11) is 1.61. The molecule has 0 aliphatic carbocycles. The number of nitrogens with one attached hydrogen (secondary N) is 1. The minimum atomic E-state index is -0.331. The summed E-state index contributed by atoms with van der Waals surface area (Å²) in [5.41, 5.74) is 0.912. The molecule has 0 bridgehead atoms. The van der Waals surface area contributed by atoms with Gasteiger partial charge in [0.15, 0.2) is 0 Å². The lowest BCUT2D eigenvalue weighted by atomic mass is 10.2. The van der Waals surface area contributed by atoms with Crippen molar-refractivity contribution in [2.24, 2.45) is 0 Å². The maximum atomic E-state index is 12.0. The monoisotopic (exact) mass is 314 g/mol. The van der Waals surface area contributed by atoms with Crippen molar-refractivity contribution in [2.75, 3.05) is 19.0 Å². The summed E-state index contributed by atoms with van der Waals surface area (Å²) in [5, 5.41) is 7.12. The first-order valence-corrected chi connectivity index (χ1v) is 6.50. The van der Waals surface area contributed by atoms with Crippen LogP contribution < -0.4 is 5.32 Å². The SMILES string of the molecule is COCCn1cc(NC(=O)c2cc(Cl)nc(Cl)c2)cn1. The van der Waals surface area contributed by atoms with E-state index < -0.39 is 0 Å². The zero-order valence-corrected chi connectivity index (χ0v) is 12.1. The van der Waals surface area contributed by atoms with E-state index in [2.05, 4.69) is 15.4 Å². The number of nitrogens with zero attached hydrogens (tertiary/aromatic N) is 3. The predicted octanol–water partition coefficient (Wildman–Crippen LogP) is 2.48. The standard InChI is InChI=1S/C12H12Cl2N4O2/c1-20-3-2-18-7-9(6-15-18)16-12(19)8-4-10(13)17-11(14)5-8/h4-7H,2-3H2,1H3,(H,16,19). The molecule has 2 aromatic rings. The van der Waals surface area contributed by atoms with Crippen molar-refractivity contribution in [2.45, 2.75) is 6.54 Å². The minimum absolute atomic E-state index is 0.165. The highest BCUT2D eigenvalue weighted by molar-refractivity contribution is 6.33. The maximum absolute atomic E-state index is 12.0. The Labute approximate surface area is 125 Å². The fraction of sp³-hybridized carbons (Fsp3) is 0.250. The van der Waals surface area contributed by atoms with Crippen LogP contribution in [0.4, 0.5) is 5.69 Å². The van der Waals surface area contributed by atoms with Gasteiger partial charge in [-0.1, -0.05) is 23.2 Å². The van der Waals surface area contributed by atoms with Crippen molar-refractivity contribution >= 4 is 34.8 Å². The summed E-state index contributed by atoms with van der Waals surface area (Å²) in [6.07, 6.45) is 3.26. The second kappa shape index (κ2) is 6.69. The van der Waals surface area contributed by atoms with Gasteiger partial charge in [0.05, 0.1) is 25.0 Å². The lowest BCUT2D eigenvalue weighted by Gasteiger charge is -2.03. The van der Waals surface area contributed by atoms with Crippen molar-refractivity contribution in [1.82, 2.24) is 14.8 Å². The molecule has 8 heteroatoms. The topological polar surface area (TPSA) is 69.0 Å². The lowest BCUT2D eigenvalue weighted by Crippen LogP contribution is -2.12. The molecule has 0 spiro atoms. The van der Waals surface area contributed by atoms with Gasteiger partial charge in [0.2, 0.25) is 0 Å². The minimum Gasteiger partial charge on any atom is -0.383 e. The molecule has 0 fully saturated rings. The number of pyridine rings is 1. The third kappa shape index (κ3) is 3.93. The highest BCUT2D eigenvalue weighted by Gasteiger charge is 2.10. The van der Waals surface area contributed by atoms with E-state index >= 15 is 0 Å². The van der Waals surface area contributed by atoms with E-state index in [1.165, 1.54) is 12.1 Å². The number of rotatable bonds is 5. The Hall–Kier alpha value is -1.63. The highest BCUT2D eigenvalue weighted by Crippen LogP contribution is 2.16. The molecular formula is C12H12Cl2N4O2. The molecule has 0 atom stereocenters. The molecule has 0 aliphatic heterocycles. The second-order valence-electron chi connectivity index (χ2n) is 3.94. The molecule has 106 valence electrons. The molecule has 20 heavy (non-hydrogen) atoms. The van der Waals surface area contributed by atoms with E-state index in [1.54, 1.807) is 24.2 Å². The summed E-state index contributed by atoms with van der Waals surface area (Å²) >= 11 is 11.5. The fourth-order valence-corrected chi connectivity index (χ4v) is 1.99. The molecule has 0 unspecified atom stereocenters. The van der Waals surface area contributed by atoms with Gasteiger partial charge < -0.3 is 10.1 Å². The van der Waals surface area contributed by atoms with Gasteiger partial charge >= 0.3 is 0 Å². The number of hydrogen-bond donors (Lipinski definition) is 1. The maximum Gasteiger partial charge on any atom is 0.255 e. The first-order chi connectivity index (χ1) is 9.58. The average molecular weight is 315 g/mol. The van der Waals surface area contributed by atoms with Gasteiger partial charge in [-0.2, -0.15) is 5.10 Å². The third-order valence-corrected chi connectivity index (χ3v) is 2.83. The summed E-state index contributed by atoms with van der Waals surface area (Å²) in [5.74, 6) is -0.331. The Kier molecular flexibility index (Phi) is 4.94. The van der Waals surface area contributed by atoms with Crippen LogP contribution in [0.1, 0.15) is 10.4 Å². The molecule has 2 heterocycles. The Morgan fingerprint density at radius 2 is 2.10 bits per heavy atom. The van der Waals surface area contributed by atoms with E-state index in [1.807, 2.05) is 0 Å². The van der Waals surface area contributed by atoms with E-state index in [0.29, 0.717) is 24.4 Å². The Morgan fingerprint density at radius 1 is 1.40 bits per heavy atom. The quantitative estimate of drug-likeness (QED) is 0.861. The molecule has 0 saturated heterocycles. The van der Waals surface area contributed by atoms with Gasteiger partial charge in [0.25, 0.3) is 5.91 Å². The molecule has 0 radical (unpaired) electrons. The van der Waals surface area contributed by atoms with Gasteiger partial charge in [-0.3, -0.25) is 9.48 Å². The summed E-state index contributed by atoms with van der Waals surface area (Å²) in [6, 6.07) is 2.89. The molecule has 0 aliphatic rings. The Balaban J connectivity index is 2.05. The van der Waals surface area contributed by atoms with Gasteiger partial charge in [-0.25, -0.2) is 4.98 Å². The van der Waals surface area contributed by atoms with Crippen molar-refractivity contribution in [3.8, 4) is 0 Å². The zero-order chi connectivity index (χ0) is 14.5. The van der Waals surface area contributed by atoms with Crippen LogP contribution in [0.3, 0.4) is 0 Å². The van der Waals surface area contributed by atoms with Crippen LogP contribution in [-0.4, -0.2) is 34.4 Å². The normalized spacial score (nSPS) is 10.6. The van der Waals surface area contributed by atoms with Crippen LogP contribution in [-0.2, 0) is 11.3 Å². The van der Waals surface area contributed by atoms with Crippen LogP contribution in [0.15, 0.2) is 24.5 Å². The predicted molar refractivity (Wildman–Crippen MR) is 76.3 cm³/mol. The molecule has 0 saturated carbocycles.